The van der Waals surface area contributed by atoms with Crippen molar-refractivity contribution >= 4 is 17.4 Å². The molecule has 1 N–H and O–H groups in total. The number of nitrogens with one attached hydrogen (secondary N) is 1. The quantitative estimate of drug-likeness (QED) is 0.864. The zero-order chi connectivity index (χ0) is 16.8. The first-order chi connectivity index (χ1) is 11.6. The lowest BCUT2D eigenvalue weighted by Crippen LogP contribution is -2.36. The SMILES string of the molecule is CC(C)N1CCc2c(-c3ccccc3)cc3c(c2C1)NC(=O)C3=O. The van der Waals surface area contributed by atoms with Crippen molar-refractivity contribution in [3.05, 3.63) is 53.1 Å². The summed E-state index contributed by atoms with van der Waals surface area (Å²) in [4.78, 5) is 26.5. The molecule has 0 fully saturated rings. The van der Waals surface area contributed by atoms with Gasteiger partial charge < -0.3 is 5.32 Å². The highest BCUT2D eigenvalue weighted by atomic mass is 16.2. The van der Waals surface area contributed by atoms with Crippen molar-refractivity contribution in [1.29, 1.82) is 0 Å². The van der Waals surface area contributed by atoms with Crippen molar-refractivity contribution in [2.24, 2.45) is 0 Å². The minimum absolute atomic E-state index is 0.424. The van der Waals surface area contributed by atoms with E-state index in [4.69, 9.17) is 0 Å². The summed E-state index contributed by atoms with van der Waals surface area (Å²) in [5.41, 5.74) is 5.78. The summed E-state index contributed by atoms with van der Waals surface area (Å²) in [6.45, 7) is 6.11. The summed E-state index contributed by atoms with van der Waals surface area (Å²) in [6, 6.07) is 12.4. The molecule has 122 valence electrons. The van der Waals surface area contributed by atoms with E-state index >= 15 is 0 Å². The van der Waals surface area contributed by atoms with Gasteiger partial charge in [-0.2, -0.15) is 0 Å². The zero-order valence-corrected chi connectivity index (χ0v) is 13.9. The van der Waals surface area contributed by atoms with Crippen LogP contribution in [-0.2, 0) is 17.8 Å². The number of ketones is 1. The first-order valence-corrected chi connectivity index (χ1v) is 8.40. The van der Waals surface area contributed by atoms with Gasteiger partial charge in [-0.1, -0.05) is 30.3 Å². The average molecular weight is 320 g/mol. The molecule has 0 aromatic heterocycles. The molecule has 2 aliphatic rings. The van der Waals surface area contributed by atoms with Crippen LogP contribution in [-0.4, -0.2) is 29.2 Å². The standard InChI is InChI=1S/C20H20N2O2/c1-12(2)22-9-8-14-15(13-6-4-3-5-7-13)10-16-18(17(14)11-22)21-20(24)19(16)23/h3-7,10,12H,8-9,11H2,1-2H3,(H,21,23,24). The van der Waals surface area contributed by atoms with Crippen LogP contribution in [0.15, 0.2) is 36.4 Å². The summed E-state index contributed by atoms with van der Waals surface area (Å²) in [6.07, 6.45) is 0.926. The number of amides is 1. The predicted molar refractivity (Wildman–Crippen MR) is 94.1 cm³/mol. The summed E-state index contributed by atoms with van der Waals surface area (Å²) >= 11 is 0. The fourth-order valence-corrected chi connectivity index (χ4v) is 3.71. The topological polar surface area (TPSA) is 49.4 Å². The molecular formula is C20H20N2O2. The van der Waals surface area contributed by atoms with Crippen molar-refractivity contribution in [3.8, 4) is 11.1 Å². The van der Waals surface area contributed by atoms with Crippen LogP contribution in [0, 0.1) is 0 Å². The molecule has 0 spiro atoms. The van der Waals surface area contributed by atoms with Crippen molar-refractivity contribution in [2.75, 3.05) is 11.9 Å². The van der Waals surface area contributed by atoms with Gasteiger partial charge in [0.15, 0.2) is 0 Å². The fraction of sp³-hybridized carbons (Fsp3) is 0.300. The van der Waals surface area contributed by atoms with Gasteiger partial charge in [0.2, 0.25) is 0 Å². The Morgan fingerprint density at radius 2 is 1.79 bits per heavy atom. The third kappa shape index (κ3) is 2.26. The maximum atomic E-state index is 12.3. The summed E-state index contributed by atoms with van der Waals surface area (Å²) in [5, 5.41) is 2.80. The molecule has 0 atom stereocenters. The van der Waals surface area contributed by atoms with Crippen molar-refractivity contribution in [2.45, 2.75) is 32.9 Å². The smallest absolute Gasteiger partial charge is 0.296 e. The molecule has 0 saturated carbocycles. The van der Waals surface area contributed by atoms with Crippen LogP contribution in [0.1, 0.15) is 35.3 Å². The van der Waals surface area contributed by atoms with Crippen LogP contribution in [0.3, 0.4) is 0 Å². The summed E-state index contributed by atoms with van der Waals surface area (Å²) in [7, 11) is 0. The van der Waals surface area contributed by atoms with E-state index in [1.54, 1.807) is 0 Å². The molecule has 0 bridgehead atoms. The molecule has 4 nitrogen and oxygen atoms in total. The minimum atomic E-state index is -0.515. The van der Waals surface area contributed by atoms with Gasteiger partial charge >= 0.3 is 0 Å². The normalized spacial score (nSPS) is 17.0. The lowest BCUT2D eigenvalue weighted by molar-refractivity contribution is -0.112. The number of fused-ring (bicyclic) bond motifs is 3. The fourth-order valence-electron chi connectivity index (χ4n) is 3.71. The largest absolute Gasteiger partial charge is 0.318 e. The molecule has 2 aromatic rings. The van der Waals surface area contributed by atoms with Gasteiger partial charge in [-0.3, -0.25) is 14.5 Å². The van der Waals surface area contributed by atoms with Crippen LogP contribution in [0.4, 0.5) is 5.69 Å². The van der Waals surface area contributed by atoms with Crippen LogP contribution in [0.25, 0.3) is 11.1 Å². The first kappa shape index (κ1) is 15.1. The van der Waals surface area contributed by atoms with Gasteiger partial charge in [-0.15, -0.1) is 0 Å². The van der Waals surface area contributed by atoms with E-state index in [0.29, 0.717) is 11.6 Å². The third-order valence-electron chi connectivity index (χ3n) is 5.06. The highest BCUT2D eigenvalue weighted by Crippen LogP contribution is 2.40. The summed E-state index contributed by atoms with van der Waals surface area (Å²) in [5.74, 6) is -0.939. The van der Waals surface area contributed by atoms with Gasteiger partial charge in [0.25, 0.3) is 11.7 Å². The lowest BCUT2D eigenvalue weighted by Gasteiger charge is -2.34. The Balaban J connectivity index is 1.93. The third-order valence-corrected chi connectivity index (χ3v) is 5.06. The molecule has 1 amide bonds. The molecule has 0 radical (unpaired) electrons. The second-order valence-electron chi connectivity index (χ2n) is 6.77. The molecule has 4 rings (SSSR count). The van der Waals surface area contributed by atoms with Crippen LogP contribution in [0.5, 0.6) is 0 Å². The molecule has 24 heavy (non-hydrogen) atoms. The van der Waals surface area contributed by atoms with Gasteiger partial charge in [-0.05, 0) is 48.6 Å². The zero-order valence-electron chi connectivity index (χ0n) is 13.9. The van der Waals surface area contributed by atoms with E-state index in [0.717, 1.165) is 41.9 Å². The van der Waals surface area contributed by atoms with E-state index in [1.807, 2.05) is 24.3 Å². The van der Waals surface area contributed by atoms with Crippen LogP contribution < -0.4 is 5.32 Å². The van der Waals surface area contributed by atoms with Gasteiger partial charge in [0.05, 0.1) is 11.3 Å². The average Bonchev–Trinajstić information content (AvgIpc) is 2.89. The Morgan fingerprint density at radius 1 is 1.04 bits per heavy atom. The maximum Gasteiger partial charge on any atom is 0.296 e. The monoisotopic (exact) mass is 320 g/mol. The Morgan fingerprint density at radius 3 is 2.50 bits per heavy atom. The molecule has 2 heterocycles. The number of Topliss-reactive ketones (excluding diaryl/α,β-unsaturated/α-hetero) is 1. The van der Waals surface area contributed by atoms with Crippen LogP contribution in [0.2, 0.25) is 0 Å². The molecular weight excluding hydrogens is 300 g/mol. The second kappa shape index (κ2) is 5.56. The lowest BCUT2D eigenvalue weighted by atomic mass is 9.87. The van der Waals surface area contributed by atoms with E-state index in [9.17, 15) is 9.59 Å². The highest BCUT2D eigenvalue weighted by molar-refractivity contribution is 6.52. The van der Waals surface area contributed by atoms with E-state index in [1.165, 1.54) is 5.56 Å². The van der Waals surface area contributed by atoms with Crippen molar-refractivity contribution < 1.29 is 9.59 Å². The van der Waals surface area contributed by atoms with Crippen molar-refractivity contribution in [1.82, 2.24) is 4.90 Å². The number of carbonyl (C=O) groups excluding carboxylic acids is 2. The van der Waals surface area contributed by atoms with E-state index in [2.05, 4.69) is 36.2 Å². The number of benzene rings is 2. The maximum absolute atomic E-state index is 12.3. The first-order valence-electron chi connectivity index (χ1n) is 8.40. The second-order valence-corrected chi connectivity index (χ2v) is 6.77. The Hall–Kier alpha value is -2.46. The Kier molecular flexibility index (Phi) is 3.50. The molecule has 0 aliphatic carbocycles. The minimum Gasteiger partial charge on any atom is -0.318 e. The molecule has 0 saturated heterocycles. The van der Waals surface area contributed by atoms with Gasteiger partial charge in [0, 0.05) is 19.1 Å². The molecule has 4 heteroatoms. The summed E-state index contributed by atoms with van der Waals surface area (Å²) < 4.78 is 0. The number of nitrogens with zero attached hydrogens (tertiary/aromatic N) is 1. The van der Waals surface area contributed by atoms with Crippen molar-refractivity contribution in [3.63, 3.8) is 0 Å². The van der Waals surface area contributed by atoms with Crippen LogP contribution >= 0.6 is 0 Å². The number of hydrogen-bond donors (Lipinski definition) is 1. The molecule has 0 unspecified atom stereocenters. The Bertz CT molecular complexity index is 840. The highest BCUT2D eigenvalue weighted by Gasteiger charge is 2.34. The number of anilines is 1. The van der Waals surface area contributed by atoms with Gasteiger partial charge in [0.1, 0.15) is 0 Å². The Labute approximate surface area is 141 Å². The molecule has 2 aromatic carbocycles. The number of hydrogen-bond acceptors (Lipinski definition) is 3. The molecule has 2 aliphatic heterocycles. The number of carbonyl (C=O) groups is 2. The predicted octanol–water partition coefficient (Wildman–Crippen LogP) is 3.25. The van der Waals surface area contributed by atoms with E-state index < -0.39 is 11.7 Å². The number of rotatable bonds is 2. The van der Waals surface area contributed by atoms with Gasteiger partial charge in [-0.25, -0.2) is 0 Å². The van der Waals surface area contributed by atoms with E-state index in [-0.39, 0.29) is 0 Å².